The van der Waals surface area contributed by atoms with E-state index in [1.165, 1.54) is 19.3 Å². The van der Waals surface area contributed by atoms with Gasteiger partial charge in [-0.1, -0.05) is 25.5 Å². The Balaban J connectivity index is 2.17. The van der Waals surface area contributed by atoms with E-state index in [0.717, 1.165) is 30.1 Å². The van der Waals surface area contributed by atoms with Gasteiger partial charge in [0.2, 0.25) is 0 Å². The van der Waals surface area contributed by atoms with Crippen molar-refractivity contribution < 1.29 is 4.79 Å². The molecule has 1 aliphatic rings. The predicted molar refractivity (Wildman–Crippen MR) is 75.5 cm³/mol. The van der Waals surface area contributed by atoms with Crippen LogP contribution in [-0.4, -0.2) is 18.2 Å². The quantitative estimate of drug-likeness (QED) is 0.824. The highest BCUT2D eigenvalue weighted by Crippen LogP contribution is 2.18. The number of para-hydroxylation sites is 1. The van der Waals surface area contributed by atoms with Crippen molar-refractivity contribution in [2.45, 2.75) is 39.0 Å². The number of nitrogens with one attached hydrogen (secondary N) is 1. The molecule has 0 aliphatic carbocycles. The molecule has 1 aliphatic heterocycles. The van der Waals surface area contributed by atoms with Crippen LogP contribution in [0.1, 0.15) is 49.4 Å². The van der Waals surface area contributed by atoms with Crippen LogP contribution < -0.4 is 5.32 Å². The van der Waals surface area contributed by atoms with Gasteiger partial charge in [0, 0.05) is 24.9 Å². The van der Waals surface area contributed by atoms with Crippen molar-refractivity contribution in [3.63, 3.8) is 0 Å². The summed E-state index contributed by atoms with van der Waals surface area (Å²) in [4.78, 5) is 16.4. The Bertz CT molecular complexity index is 452. The zero-order chi connectivity index (χ0) is 12.8. The van der Waals surface area contributed by atoms with E-state index in [0.29, 0.717) is 6.42 Å². The fourth-order valence-corrected chi connectivity index (χ4v) is 2.16. The molecule has 0 radical (unpaired) electrons. The summed E-state index contributed by atoms with van der Waals surface area (Å²) in [5.74, 6) is 1.19. The average molecular weight is 244 g/mol. The molecule has 0 amide bonds. The zero-order valence-corrected chi connectivity index (χ0v) is 10.9. The number of nitrogens with zero attached hydrogens (tertiary/aromatic N) is 1. The van der Waals surface area contributed by atoms with Gasteiger partial charge in [0.05, 0.1) is 5.69 Å². The van der Waals surface area contributed by atoms with Gasteiger partial charge in [-0.3, -0.25) is 9.79 Å². The van der Waals surface area contributed by atoms with Gasteiger partial charge in [-0.05, 0) is 25.0 Å². The average Bonchev–Trinajstić information content (AvgIpc) is 2.67. The maximum Gasteiger partial charge on any atom is 0.164 e. The van der Waals surface area contributed by atoms with Crippen molar-refractivity contribution in [3.8, 4) is 0 Å². The van der Waals surface area contributed by atoms with Crippen LogP contribution in [0, 0.1) is 0 Å². The molecule has 18 heavy (non-hydrogen) atoms. The standard InChI is InChI=1S/C15H20N2O/c1-2-14(18)12-8-5-6-9-13(12)17-15-10-4-3-7-11-16-15/h5-6,8-9H,2-4,7,10-11H2,1H3,(H,16,17). The van der Waals surface area contributed by atoms with E-state index >= 15 is 0 Å². The molecule has 2 rings (SSSR count). The lowest BCUT2D eigenvalue weighted by Crippen LogP contribution is -2.14. The maximum absolute atomic E-state index is 11.9. The number of amidine groups is 1. The summed E-state index contributed by atoms with van der Waals surface area (Å²) in [5, 5.41) is 3.33. The van der Waals surface area contributed by atoms with Gasteiger partial charge in [-0.2, -0.15) is 0 Å². The summed E-state index contributed by atoms with van der Waals surface area (Å²) < 4.78 is 0. The topological polar surface area (TPSA) is 41.5 Å². The second kappa shape index (κ2) is 6.34. The number of Topliss-reactive ketones (excluding diaryl/α,β-unsaturated/α-hetero) is 1. The van der Waals surface area contributed by atoms with Crippen LogP contribution in [0.3, 0.4) is 0 Å². The number of carbonyl (C=O) groups excluding carboxylic acids is 1. The van der Waals surface area contributed by atoms with E-state index in [2.05, 4.69) is 10.3 Å². The first-order valence-electron chi connectivity index (χ1n) is 6.74. The second-order valence-corrected chi connectivity index (χ2v) is 4.59. The minimum Gasteiger partial charge on any atom is -0.343 e. The fourth-order valence-electron chi connectivity index (χ4n) is 2.16. The first kappa shape index (κ1) is 12.8. The Morgan fingerprint density at radius 3 is 2.94 bits per heavy atom. The molecule has 1 aromatic rings. The molecule has 1 aromatic carbocycles. The van der Waals surface area contributed by atoms with Crippen LogP contribution in [0.15, 0.2) is 29.3 Å². The van der Waals surface area contributed by atoms with Crippen LogP contribution >= 0.6 is 0 Å². The molecule has 0 unspecified atom stereocenters. The smallest absolute Gasteiger partial charge is 0.164 e. The van der Waals surface area contributed by atoms with Crippen molar-refractivity contribution >= 4 is 17.3 Å². The molecular formula is C15H20N2O. The normalized spacial score (nSPS) is 15.7. The third kappa shape index (κ3) is 3.19. The number of rotatable bonds is 3. The fraction of sp³-hybridized carbons (Fsp3) is 0.467. The van der Waals surface area contributed by atoms with Gasteiger partial charge in [0.15, 0.2) is 5.78 Å². The van der Waals surface area contributed by atoms with Crippen molar-refractivity contribution in [2.24, 2.45) is 4.99 Å². The molecule has 0 aromatic heterocycles. The third-order valence-electron chi connectivity index (χ3n) is 3.20. The molecule has 3 nitrogen and oxygen atoms in total. The molecule has 0 atom stereocenters. The number of carbonyl (C=O) groups is 1. The van der Waals surface area contributed by atoms with Crippen LogP contribution in [0.25, 0.3) is 0 Å². The van der Waals surface area contributed by atoms with Crippen LogP contribution in [0.5, 0.6) is 0 Å². The molecule has 0 bridgehead atoms. The number of hydrogen-bond donors (Lipinski definition) is 1. The van der Waals surface area contributed by atoms with Gasteiger partial charge in [0.1, 0.15) is 5.84 Å². The minimum absolute atomic E-state index is 0.173. The molecule has 1 N–H and O–H groups in total. The number of ketones is 1. The number of hydrogen-bond acceptors (Lipinski definition) is 3. The van der Waals surface area contributed by atoms with Crippen molar-refractivity contribution in [1.29, 1.82) is 0 Å². The van der Waals surface area contributed by atoms with E-state index in [4.69, 9.17) is 0 Å². The lowest BCUT2D eigenvalue weighted by Gasteiger charge is -2.12. The van der Waals surface area contributed by atoms with Gasteiger partial charge in [0.25, 0.3) is 0 Å². The molecule has 0 saturated heterocycles. The first-order valence-corrected chi connectivity index (χ1v) is 6.74. The number of benzene rings is 1. The van der Waals surface area contributed by atoms with Gasteiger partial charge in [-0.25, -0.2) is 0 Å². The maximum atomic E-state index is 11.9. The Labute approximate surface area is 108 Å². The van der Waals surface area contributed by atoms with Gasteiger partial charge in [-0.15, -0.1) is 0 Å². The van der Waals surface area contributed by atoms with E-state index in [1.54, 1.807) is 0 Å². The highest BCUT2D eigenvalue weighted by atomic mass is 16.1. The summed E-state index contributed by atoms with van der Waals surface area (Å²) in [6, 6.07) is 7.69. The minimum atomic E-state index is 0.173. The second-order valence-electron chi connectivity index (χ2n) is 4.59. The summed E-state index contributed by atoms with van der Waals surface area (Å²) in [5.41, 5.74) is 1.66. The third-order valence-corrected chi connectivity index (χ3v) is 3.20. The monoisotopic (exact) mass is 244 g/mol. The Morgan fingerprint density at radius 2 is 2.11 bits per heavy atom. The highest BCUT2D eigenvalue weighted by Gasteiger charge is 2.11. The molecule has 3 heteroatoms. The molecule has 1 heterocycles. The van der Waals surface area contributed by atoms with E-state index in [-0.39, 0.29) is 5.78 Å². The summed E-state index contributed by atoms with van der Waals surface area (Å²) in [6.45, 7) is 2.79. The van der Waals surface area contributed by atoms with Crippen molar-refractivity contribution in [1.82, 2.24) is 0 Å². The lowest BCUT2D eigenvalue weighted by atomic mass is 10.1. The number of anilines is 1. The first-order chi connectivity index (χ1) is 8.81. The van der Waals surface area contributed by atoms with E-state index < -0.39 is 0 Å². The van der Waals surface area contributed by atoms with Gasteiger partial charge >= 0.3 is 0 Å². The Kier molecular flexibility index (Phi) is 4.51. The Hall–Kier alpha value is -1.64. The molecule has 0 spiro atoms. The Morgan fingerprint density at radius 1 is 1.28 bits per heavy atom. The molecular weight excluding hydrogens is 224 g/mol. The SMILES string of the molecule is CCC(=O)c1ccccc1NC1=NCCCCC1. The van der Waals surface area contributed by atoms with Crippen LogP contribution in [-0.2, 0) is 0 Å². The molecule has 96 valence electrons. The predicted octanol–water partition coefficient (Wildman–Crippen LogP) is 3.66. The van der Waals surface area contributed by atoms with E-state index in [1.807, 2.05) is 31.2 Å². The zero-order valence-electron chi connectivity index (χ0n) is 10.9. The number of aliphatic imine (C=N–C) groups is 1. The van der Waals surface area contributed by atoms with Crippen LogP contribution in [0.2, 0.25) is 0 Å². The lowest BCUT2D eigenvalue weighted by molar-refractivity contribution is 0.0989. The molecule has 0 saturated carbocycles. The summed E-state index contributed by atoms with van der Waals surface area (Å²) >= 11 is 0. The highest BCUT2D eigenvalue weighted by molar-refractivity contribution is 6.05. The summed E-state index contributed by atoms with van der Waals surface area (Å²) in [7, 11) is 0. The summed E-state index contributed by atoms with van der Waals surface area (Å²) in [6.07, 6.45) is 5.10. The molecule has 0 fully saturated rings. The largest absolute Gasteiger partial charge is 0.343 e. The van der Waals surface area contributed by atoms with Crippen molar-refractivity contribution in [3.05, 3.63) is 29.8 Å². The van der Waals surface area contributed by atoms with E-state index in [9.17, 15) is 4.79 Å². The van der Waals surface area contributed by atoms with Crippen LogP contribution in [0.4, 0.5) is 5.69 Å². The van der Waals surface area contributed by atoms with Crippen molar-refractivity contribution in [2.75, 3.05) is 11.9 Å². The van der Waals surface area contributed by atoms with Gasteiger partial charge < -0.3 is 5.32 Å².